The molecule has 1 aromatic carbocycles. The fourth-order valence-corrected chi connectivity index (χ4v) is 2.19. The number of benzene rings is 1. The number of hydrogen-bond acceptors (Lipinski definition) is 5. The summed E-state index contributed by atoms with van der Waals surface area (Å²) in [6, 6.07) is 7.50. The minimum Gasteiger partial charge on any atom is -0.403 e. The van der Waals surface area contributed by atoms with Crippen LogP contribution in [-0.2, 0) is 14.4 Å². The molecule has 0 unspecified atom stereocenters. The van der Waals surface area contributed by atoms with E-state index >= 15 is 0 Å². The second kappa shape index (κ2) is 8.16. The van der Waals surface area contributed by atoms with Crippen molar-refractivity contribution < 1.29 is 23.9 Å². The monoisotopic (exact) mass is 332 g/mol. The third kappa shape index (κ3) is 3.94. The third-order valence-electron chi connectivity index (χ3n) is 3.30. The van der Waals surface area contributed by atoms with Crippen molar-refractivity contribution in [1.82, 2.24) is 4.90 Å². The van der Waals surface area contributed by atoms with Crippen LogP contribution in [0.1, 0.15) is 6.42 Å². The van der Waals surface area contributed by atoms with Crippen molar-refractivity contribution in [1.29, 1.82) is 0 Å². The Bertz CT molecular complexity index is 693. The first-order valence-corrected chi connectivity index (χ1v) is 7.43. The summed E-state index contributed by atoms with van der Waals surface area (Å²) in [4.78, 5) is 23.8. The van der Waals surface area contributed by atoms with Gasteiger partial charge in [-0.25, -0.2) is 4.79 Å². The van der Waals surface area contributed by atoms with Crippen molar-refractivity contribution in [2.75, 3.05) is 33.8 Å². The molecule has 0 aromatic heterocycles. The predicted molar refractivity (Wildman–Crippen MR) is 91.0 cm³/mol. The molecule has 1 aromatic rings. The number of ether oxygens (including phenoxy) is 1. The molecular formula is C17H22N3O4+. The number of para-hydroxylation sites is 2. The van der Waals surface area contributed by atoms with Crippen LogP contribution in [-0.4, -0.2) is 49.8 Å². The van der Waals surface area contributed by atoms with Crippen molar-refractivity contribution >= 4 is 23.2 Å². The molecule has 2 rings (SSSR count). The van der Waals surface area contributed by atoms with Gasteiger partial charge < -0.3 is 9.64 Å². The van der Waals surface area contributed by atoms with Gasteiger partial charge in [-0.3, -0.25) is 15.2 Å². The Labute approximate surface area is 141 Å². The van der Waals surface area contributed by atoms with Crippen LogP contribution in [0.3, 0.4) is 0 Å². The molecular weight excluding hydrogens is 310 g/mol. The lowest BCUT2D eigenvalue weighted by Gasteiger charge is -2.15. The second-order valence-electron chi connectivity index (χ2n) is 5.17. The van der Waals surface area contributed by atoms with Gasteiger partial charge in [-0.2, -0.15) is 0 Å². The number of nitrogens with one attached hydrogen (secondary N) is 1. The van der Waals surface area contributed by atoms with Crippen molar-refractivity contribution in [2.45, 2.75) is 6.42 Å². The summed E-state index contributed by atoms with van der Waals surface area (Å²) >= 11 is 0. The van der Waals surface area contributed by atoms with Crippen LogP contribution >= 0.6 is 0 Å². The first-order valence-electron chi connectivity index (χ1n) is 7.43. The molecule has 128 valence electrons. The second-order valence-corrected chi connectivity index (χ2v) is 5.17. The summed E-state index contributed by atoms with van der Waals surface area (Å²) in [6.07, 6.45) is 5.64. The highest BCUT2D eigenvalue weighted by molar-refractivity contribution is 5.99. The SMILES string of the molecule is CONc1ccccc1/[N+](OC)=C1\CC=CC=C1OC(=O)N(C)C. The predicted octanol–water partition coefficient (Wildman–Crippen LogP) is 2.85. The van der Waals surface area contributed by atoms with Crippen LogP contribution < -0.4 is 5.48 Å². The maximum Gasteiger partial charge on any atom is 0.414 e. The molecule has 1 N–H and O–H groups in total. The number of nitrogens with zero attached hydrogens (tertiary/aromatic N) is 2. The van der Waals surface area contributed by atoms with E-state index in [9.17, 15) is 4.79 Å². The van der Waals surface area contributed by atoms with Crippen LogP contribution in [0.2, 0.25) is 0 Å². The molecule has 0 atom stereocenters. The van der Waals surface area contributed by atoms with Gasteiger partial charge in [-0.1, -0.05) is 24.3 Å². The number of carbonyl (C=O) groups is 1. The largest absolute Gasteiger partial charge is 0.414 e. The first kappa shape index (κ1) is 17.6. The molecule has 0 bridgehead atoms. The molecule has 0 saturated heterocycles. The molecule has 0 aliphatic heterocycles. The highest BCUT2D eigenvalue weighted by Gasteiger charge is 2.29. The smallest absolute Gasteiger partial charge is 0.403 e. The van der Waals surface area contributed by atoms with E-state index in [-0.39, 0.29) is 0 Å². The molecule has 24 heavy (non-hydrogen) atoms. The Morgan fingerprint density at radius 1 is 1.25 bits per heavy atom. The molecule has 1 amide bonds. The van der Waals surface area contributed by atoms with E-state index < -0.39 is 6.09 Å². The molecule has 0 heterocycles. The van der Waals surface area contributed by atoms with Crippen LogP contribution in [0.5, 0.6) is 0 Å². The van der Waals surface area contributed by atoms with Gasteiger partial charge in [0.1, 0.15) is 12.8 Å². The summed E-state index contributed by atoms with van der Waals surface area (Å²) in [5.41, 5.74) is 4.98. The summed E-state index contributed by atoms with van der Waals surface area (Å²) < 4.78 is 7.07. The van der Waals surface area contributed by atoms with Gasteiger partial charge in [0.2, 0.25) is 5.76 Å². The van der Waals surface area contributed by atoms with Crippen LogP contribution in [0, 0.1) is 0 Å². The van der Waals surface area contributed by atoms with Crippen molar-refractivity contribution in [3.8, 4) is 0 Å². The van der Waals surface area contributed by atoms with E-state index in [1.54, 1.807) is 32.0 Å². The van der Waals surface area contributed by atoms with Crippen molar-refractivity contribution in [3.05, 3.63) is 48.3 Å². The Balaban J connectivity index is 2.47. The molecule has 0 radical (unpaired) electrons. The van der Waals surface area contributed by atoms with Crippen LogP contribution in [0.25, 0.3) is 0 Å². The van der Waals surface area contributed by atoms with Gasteiger partial charge in [0.15, 0.2) is 0 Å². The maximum absolute atomic E-state index is 11.9. The lowest BCUT2D eigenvalue weighted by atomic mass is 10.1. The van der Waals surface area contributed by atoms with Gasteiger partial charge in [0.25, 0.3) is 11.4 Å². The third-order valence-corrected chi connectivity index (χ3v) is 3.30. The molecule has 0 fully saturated rings. The Morgan fingerprint density at radius 3 is 2.67 bits per heavy atom. The quantitative estimate of drug-likeness (QED) is 0.663. The molecule has 1 aliphatic rings. The first-order chi connectivity index (χ1) is 11.6. The zero-order chi connectivity index (χ0) is 17.5. The number of rotatable bonds is 5. The van der Waals surface area contributed by atoms with E-state index in [2.05, 4.69) is 5.48 Å². The molecule has 1 aliphatic carbocycles. The fraction of sp³-hybridized carbons (Fsp3) is 0.294. The van der Waals surface area contributed by atoms with Crippen molar-refractivity contribution in [3.63, 3.8) is 0 Å². The minimum atomic E-state index is -0.451. The molecule has 7 heteroatoms. The number of hydrogen-bond donors (Lipinski definition) is 1. The summed E-state index contributed by atoms with van der Waals surface area (Å²) in [5, 5.41) is 0. The van der Waals surface area contributed by atoms with Gasteiger partial charge >= 0.3 is 6.09 Å². The topological polar surface area (TPSA) is 63.0 Å². The minimum absolute atomic E-state index is 0.435. The van der Waals surface area contributed by atoms with E-state index in [4.69, 9.17) is 14.4 Å². The molecule has 0 spiro atoms. The highest BCUT2D eigenvalue weighted by atomic mass is 16.7. The number of amides is 1. The number of allylic oxidation sites excluding steroid dienone is 4. The zero-order valence-electron chi connectivity index (χ0n) is 14.3. The number of anilines is 1. The average Bonchev–Trinajstić information content (AvgIpc) is 2.58. The standard InChI is InChI=1S/C17H22N3O4/c1-19(2)17(21)24-16-12-8-7-11-15(16)20(23-4)14-10-6-5-9-13(14)18-22-3/h5-10,12,18H,11H2,1-4H3/q+1/b20-15-. The Kier molecular flexibility index (Phi) is 5.97. The van der Waals surface area contributed by atoms with Gasteiger partial charge in [-0.05, 0) is 12.1 Å². The molecule has 7 nitrogen and oxygen atoms in total. The van der Waals surface area contributed by atoms with E-state index in [1.165, 1.54) is 12.0 Å². The summed E-state index contributed by atoms with van der Waals surface area (Å²) in [5.74, 6) is 0.435. The number of carbonyl (C=O) groups excluding carboxylic acids is 1. The van der Waals surface area contributed by atoms with Gasteiger partial charge in [0.05, 0.1) is 13.5 Å². The molecule has 0 saturated carbocycles. The Hall–Kier alpha value is -2.80. The van der Waals surface area contributed by atoms with Gasteiger partial charge in [-0.15, -0.1) is 0 Å². The lowest BCUT2D eigenvalue weighted by Crippen LogP contribution is -2.28. The highest BCUT2D eigenvalue weighted by Crippen LogP contribution is 2.27. The summed E-state index contributed by atoms with van der Waals surface area (Å²) in [6.45, 7) is 0. The van der Waals surface area contributed by atoms with Crippen molar-refractivity contribution in [2.24, 2.45) is 0 Å². The fourth-order valence-electron chi connectivity index (χ4n) is 2.19. The lowest BCUT2D eigenvalue weighted by molar-refractivity contribution is -0.720. The van der Waals surface area contributed by atoms with E-state index in [0.717, 1.165) is 11.4 Å². The van der Waals surface area contributed by atoms with E-state index in [1.807, 2.05) is 36.4 Å². The average molecular weight is 332 g/mol. The van der Waals surface area contributed by atoms with E-state index in [0.29, 0.717) is 17.9 Å². The van der Waals surface area contributed by atoms with Gasteiger partial charge in [0, 0.05) is 24.9 Å². The van der Waals surface area contributed by atoms with Crippen LogP contribution in [0.15, 0.2) is 48.3 Å². The Morgan fingerprint density at radius 2 is 2.00 bits per heavy atom. The zero-order valence-corrected chi connectivity index (χ0v) is 14.3. The van der Waals surface area contributed by atoms with Crippen LogP contribution in [0.4, 0.5) is 16.2 Å². The normalized spacial score (nSPS) is 15.4. The maximum atomic E-state index is 11.9. The summed E-state index contributed by atoms with van der Waals surface area (Å²) in [7, 11) is 6.36.